The van der Waals surface area contributed by atoms with Crippen molar-refractivity contribution < 1.29 is 23.5 Å². The highest BCUT2D eigenvalue weighted by molar-refractivity contribution is 6.08. The molecule has 6 heteroatoms. The number of carbonyl (C=O) groups excluding carboxylic acids is 2. The standard InChI is InChI=1S/C14H15NO5/c1-3-18-13(16)12-11(15-14(17)19-4-2)9-7-5-6-8-10(9)20-12/h5-8H,3-4H2,1-2H3,(H,15,17). The van der Waals surface area contributed by atoms with Crippen molar-refractivity contribution in [1.82, 2.24) is 0 Å². The molecule has 0 spiro atoms. The van der Waals surface area contributed by atoms with Crippen molar-refractivity contribution in [3.8, 4) is 0 Å². The maximum atomic E-state index is 11.9. The summed E-state index contributed by atoms with van der Waals surface area (Å²) in [5, 5.41) is 3.13. The van der Waals surface area contributed by atoms with Crippen LogP contribution in [-0.4, -0.2) is 25.3 Å². The van der Waals surface area contributed by atoms with Crippen LogP contribution < -0.4 is 5.32 Å². The Balaban J connectivity index is 2.44. The van der Waals surface area contributed by atoms with Gasteiger partial charge in [0.25, 0.3) is 0 Å². The summed E-state index contributed by atoms with van der Waals surface area (Å²) < 4.78 is 15.2. The summed E-state index contributed by atoms with van der Waals surface area (Å²) in [7, 11) is 0. The molecule has 1 heterocycles. The van der Waals surface area contributed by atoms with Crippen LogP contribution in [0.1, 0.15) is 24.4 Å². The van der Waals surface area contributed by atoms with E-state index >= 15 is 0 Å². The number of fused-ring (bicyclic) bond motifs is 1. The van der Waals surface area contributed by atoms with Crippen molar-refractivity contribution in [2.75, 3.05) is 18.5 Å². The molecule has 1 aromatic carbocycles. The maximum Gasteiger partial charge on any atom is 0.411 e. The van der Waals surface area contributed by atoms with Crippen molar-refractivity contribution in [2.24, 2.45) is 0 Å². The second-order valence-corrected chi connectivity index (χ2v) is 3.87. The van der Waals surface area contributed by atoms with E-state index in [0.29, 0.717) is 11.0 Å². The van der Waals surface area contributed by atoms with Crippen molar-refractivity contribution >= 4 is 28.7 Å². The lowest BCUT2D eigenvalue weighted by molar-refractivity contribution is 0.0494. The fourth-order valence-electron chi connectivity index (χ4n) is 1.78. The van der Waals surface area contributed by atoms with Crippen LogP contribution in [0.4, 0.5) is 10.5 Å². The van der Waals surface area contributed by atoms with E-state index in [1.165, 1.54) is 0 Å². The van der Waals surface area contributed by atoms with Gasteiger partial charge < -0.3 is 13.9 Å². The highest BCUT2D eigenvalue weighted by atomic mass is 16.6. The van der Waals surface area contributed by atoms with Crippen LogP contribution in [-0.2, 0) is 9.47 Å². The fraction of sp³-hybridized carbons (Fsp3) is 0.286. The summed E-state index contributed by atoms with van der Waals surface area (Å²) in [5.74, 6) is -0.670. The Labute approximate surface area is 115 Å². The van der Waals surface area contributed by atoms with Crippen LogP contribution in [0.2, 0.25) is 0 Å². The van der Waals surface area contributed by atoms with E-state index in [4.69, 9.17) is 13.9 Å². The van der Waals surface area contributed by atoms with E-state index in [1.807, 2.05) is 0 Å². The van der Waals surface area contributed by atoms with E-state index in [0.717, 1.165) is 0 Å². The second kappa shape index (κ2) is 6.10. The first-order valence-electron chi connectivity index (χ1n) is 6.29. The fourth-order valence-corrected chi connectivity index (χ4v) is 1.78. The third-order valence-corrected chi connectivity index (χ3v) is 2.56. The summed E-state index contributed by atoms with van der Waals surface area (Å²) >= 11 is 0. The average Bonchev–Trinajstić information content (AvgIpc) is 2.78. The third-order valence-electron chi connectivity index (χ3n) is 2.56. The number of ether oxygens (including phenoxy) is 2. The molecular formula is C14H15NO5. The Morgan fingerprint density at radius 3 is 2.55 bits per heavy atom. The third kappa shape index (κ3) is 2.74. The monoisotopic (exact) mass is 277 g/mol. The molecule has 6 nitrogen and oxygen atoms in total. The van der Waals surface area contributed by atoms with Gasteiger partial charge in [-0.1, -0.05) is 12.1 Å². The molecule has 2 rings (SSSR count). The van der Waals surface area contributed by atoms with Gasteiger partial charge in [0, 0.05) is 5.39 Å². The Hall–Kier alpha value is -2.50. The van der Waals surface area contributed by atoms with E-state index in [1.54, 1.807) is 38.1 Å². The number of hydrogen-bond acceptors (Lipinski definition) is 5. The quantitative estimate of drug-likeness (QED) is 0.868. The molecule has 0 aliphatic carbocycles. The van der Waals surface area contributed by atoms with Gasteiger partial charge in [0.15, 0.2) is 0 Å². The number of para-hydroxylation sites is 1. The number of carbonyl (C=O) groups is 2. The van der Waals surface area contributed by atoms with E-state index in [2.05, 4.69) is 5.32 Å². The molecule has 0 aliphatic rings. The Kier molecular flexibility index (Phi) is 4.24. The summed E-state index contributed by atoms with van der Waals surface area (Å²) in [4.78, 5) is 23.4. The van der Waals surface area contributed by atoms with Gasteiger partial charge in [-0.05, 0) is 26.0 Å². The first-order chi connectivity index (χ1) is 9.67. The van der Waals surface area contributed by atoms with Gasteiger partial charge in [-0.3, -0.25) is 5.32 Å². The van der Waals surface area contributed by atoms with Crippen LogP contribution in [0, 0.1) is 0 Å². The van der Waals surface area contributed by atoms with E-state index in [-0.39, 0.29) is 24.7 Å². The van der Waals surface area contributed by atoms with Crippen LogP contribution in [0.5, 0.6) is 0 Å². The van der Waals surface area contributed by atoms with E-state index < -0.39 is 12.1 Å². The summed E-state index contributed by atoms with van der Waals surface area (Å²) in [6, 6.07) is 7.00. The number of nitrogens with one attached hydrogen (secondary N) is 1. The number of rotatable bonds is 4. The minimum Gasteiger partial charge on any atom is -0.460 e. The van der Waals surface area contributed by atoms with Gasteiger partial charge in [-0.2, -0.15) is 0 Å². The highest BCUT2D eigenvalue weighted by Gasteiger charge is 2.23. The molecule has 0 unspecified atom stereocenters. The molecule has 1 aromatic heterocycles. The van der Waals surface area contributed by atoms with Crippen molar-refractivity contribution in [1.29, 1.82) is 0 Å². The van der Waals surface area contributed by atoms with Gasteiger partial charge >= 0.3 is 12.1 Å². The first-order valence-corrected chi connectivity index (χ1v) is 6.29. The van der Waals surface area contributed by atoms with E-state index in [9.17, 15) is 9.59 Å². The number of amides is 1. The van der Waals surface area contributed by atoms with Gasteiger partial charge in [0.2, 0.25) is 5.76 Å². The van der Waals surface area contributed by atoms with Crippen LogP contribution in [0.3, 0.4) is 0 Å². The largest absolute Gasteiger partial charge is 0.460 e. The van der Waals surface area contributed by atoms with Crippen molar-refractivity contribution in [2.45, 2.75) is 13.8 Å². The SMILES string of the molecule is CCOC(=O)Nc1c(C(=O)OCC)oc2ccccc12. The number of benzene rings is 1. The molecule has 1 N–H and O–H groups in total. The molecule has 20 heavy (non-hydrogen) atoms. The highest BCUT2D eigenvalue weighted by Crippen LogP contribution is 2.31. The molecule has 0 bridgehead atoms. The van der Waals surface area contributed by atoms with Gasteiger partial charge in [0.05, 0.1) is 13.2 Å². The normalized spacial score (nSPS) is 10.3. The van der Waals surface area contributed by atoms with Crippen molar-refractivity contribution in [3.63, 3.8) is 0 Å². The lowest BCUT2D eigenvalue weighted by Crippen LogP contribution is -2.15. The molecule has 0 saturated heterocycles. The molecule has 0 atom stereocenters. The molecule has 2 aromatic rings. The van der Waals surface area contributed by atoms with Gasteiger partial charge in [-0.25, -0.2) is 9.59 Å². The zero-order valence-electron chi connectivity index (χ0n) is 11.3. The lowest BCUT2D eigenvalue weighted by Gasteiger charge is -2.05. The molecule has 0 saturated carbocycles. The molecule has 1 amide bonds. The van der Waals surface area contributed by atoms with Gasteiger partial charge in [-0.15, -0.1) is 0 Å². The molecule has 0 aliphatic heterocycles. The number of hydrogen-bond donors (Lipinski definition) is 1. The maximum absolute atomic E-state index is 11.9. The number of esters is 1. The zero-order chi connectivity index (χ0) is 14.5. The zero-order valence-corrected chi connectivity index (χ0v) is 11.3. The topological polar surface area (TPSA) is 77.8 Å². The minimum absolute atomic E-state index is 0.0406. The minimum atomic E-state index is -0.649. The molecule has 0 fully saturated rings. The predicted molar refractivity (Wildman–Crippen MR) is 72.8 cm³/mol. The Morgan fingerprint density at radius 2 is 1.85 bits per heavy atom. The van der Waals surface area contributed by atoms with Crippen LogP contribution in [0.25, 0.3) is 11.0 Å². The smallest absolute Gasteiger partial charge is 0.411 e. The lowest BCUT2D eigenvalue weighted by atomic mass is 10.2. The number of anilines is 1. The number of furan rings is 1. The summed E-state index contributed by atoms with van der Waals surface area (Å²) in [6.45, 7) is 3.84. The average molecular weight is 277 g/mol. The molecule has 106 valence electrons. The Morgan fingerprint density at radius 1 is 1.15 bits per heavy atom. The Bertz CT molecular complexity index is 632. The van der Waals surface area contributed by atoms with Crippen LogP contribution in [0.15, 0.2) is 28.7 Å². The van der Waals surface area contributed by atoms with Gasteiger partial charge in [0.1, 0.15) is 11.3 Å². The summed E-state index contributed by atoms with van der Waals surface area (Å²) in [6.07, 6.45) is -0.649. The molecule has 0 radical (unpaired) electrons. The van der Waals surface area contributed by atoms with Crippen molar-refractivity contribution in [3.05, 3.63) is 30.0 Å². The first kappa shape index (κ1) is 13.9. The second-order valence-electron chi connectivity index (χ2n) is 3.87. The molecular weight excluding hydrogens is 262 g/mol. The van der Waals surface area contributed by atoms with Crippen LogP contribution >= 0.6 is 0 Å². The summed E-state index contributed by atoms with van der Waals surface area (Å²) in [5.41, 5.74) is 0.750. The predicted octanol–water partition coefficient (Wildman–Crippen LogP) is 3.18.